The Morgan fingerprint density at radius 2 is 1.84 bits per heavy atom. The van der Waals surface area contributed by atoms with Crippen molar-refractivity contribution in [2.75, 3.05) is 5.32 Å². The van der Waals surface area contributed by atoms with Crippen molar-refractivity contribution in [3.05, 3.63) is 83.1 Å². The maximum atomic E-state index is 13.0. The molecule has 0 fully saturated rings. The molecule has 25 heavy (non-hydrogen) atoms. The van der Waals surface area contributed by atoms with E-state index in [2.05, 4.69) is 28.1 Å². The zero-order valence-electron chi connectivity index (χ0n) is 13.8. The van der Waals surface area contributed by atoms with Crippen LogP contribution in [-0.2, 0) is 6.54 Å². The molecule has 4 nitrogen and oxygen atoms in total. The number of nitrogens with zero attached hydrogens (tertiary/aromatic N) is 2. The van der Waals surface area contributed by atoms with Crippen LogP contribution in [0, 0.1) is 0 Å². The summed E-state index contributed by atoms with van der Waals surface area (Å²) in [4.78, 5) is 14.8. The van der Waals surface area contributed by atoms with Gasteiger partial charge >= 0.3 is 6.03 Å². The molecular formula is C20H18ClN3O. The molecule has 2 amide bonds. The molecule has 4 rings (SSSR count). The standard InChI is InChI=1S/C20H18ClN3O/c1-14-18-11-6-12-23(18)19-10-5-2-7-15(19)13-24(14)20(25)22-17-9-4-3-8-16(17)21/h2-12,14H,13H2,1H3,(H,22,25)/t14-/m1/s1. The third-order valence-corrected chi connectivity index (χ3v) is 4.97. The number of hydrogen-bond acceptors (Lipinski definition) is 1. The van der Waals surface area contributed by atoms with Crippen LogP contribution >= 0.6 is 11.6 Å². The highest BCUT2D eigenvalue weighted by Crippen LogP contribution is 2.32. The number of urea groups is 1. The maximum absolute atomic E-state index is 13.0. The van der Waals surface area contributed by atoms with E-state index in [9.17, 15) is 4.79 Å². The van der Waals surface area contributed by atoms with Crippen molar-refractivity contribution < 1.29 is 4.79 Å². The number of fused-ring (bicyclic) bond motifs is 3. The number of para-hydroxylation sites is 2. The normalized spacial score (nSPS) is 15.9. The highest BCUT2D eigenvalue weighted by molar-refractivity contribution is 6.33. The summed E-state index contributed by atoms with van der Waals surface area (Å²) in [6.07, 6.45) is 2.04. The van der Waals surface area contributed by atoms with Gasteiger partial charge in [-0.25, -0.2) is 4.79 Å². The number of halogens is 1. The van der Waals surface area contributed by atoms with E-state index < -0.39 is 0 Å². The van der Waals surface area contributed by atoms with E-state index in [-0.39, 0.29) is 12.1 Å². The number of carbonyl (C=O) groups is 1. The number of nitrogens with one attached hydrogen (secondary N) is 1. The second-order valence-corrected chi connectivity index (χ2v) is 6.55. The molecule has 2 aromatic carbocycles. The Kier molecular flexibility index (Phi) is 3.98. The van der Waals surface area contributed by atoms with Crippen LogP contribution in [0.1, 0.15) is 24.2 Å². The van der Waals surface area contributed by atoms with Crippen molar-refractivity contribution in [2.24, 2.45) is 0 Å². The van der Waals surface area contributed by atoms with E-state index >= 15 is 0 Å². The highest BCUT2D eigenvalue weighted by Gasteiger charge is 2.28. The Bertz CT molecular complexity index is 934. The monoisotopic (exact) mass is 351 g/mol. The van der Waals surface area contributed by atoms with E-state index in [1.54, 1.807) is 12.1 Å². The lowest BCUT2D eigenvalue weighted by atomic mass is 10.1. The Morgan fingerprint density at radius 3 is 2.68 bits per heavy atom. The third-order valence-electron chi connectivity index (χ3n) is 4.64. The first-order valence-corrected chi connectivity index (χ1v) is 8.60. The molecule has 0 radical (unpaired) electrons. The average molecular weight is 352 g/mol. The van der Waals surface area contributed by atoms with Gasteiger partial charge in [-0.2, -0.15) is 0 Å². The number of amides is 2. The zero-order valence-corrected chi connectivity index (χ0v) is 14.6. The van der Waals surface area contributed by atoms with Gasteiger partial charge in [0.1, 0.15) is 0 Å². The van der Waals surface area contributed by atoms with Crippen LogP contribution in [0.5, 0.6) is 0 Å². The van der Waals surface area contributed by atoms with Gasteiger partial charge in [-0.05, 0) is 42.8 Å². The number of benzene rings is 2. The van der Waals surface area contributed by atoms with Crippen LogP contribution in [0.4, 0.5) is 10.5 Å². The summed E-state index contributed by atoms with van der Waals surface area (Å²) in [6, 6.07) is 19.3. The number of carbonyl (C=O) groups excluding carboxylic acids is 1. The Hall–Kier alpha value is -2.72. The molecule has 0 saturated heterocycles. The summed E-state index contributed by atoms with van der Waals surface area (Å²) >= 11 is 6.18. The fraction of sp³-hybridized carbons (Fsp3) is 0.150. The van der Waals surface area contributed by atoms with E-state index in [0.717, 1.165) is 16.9 Å². The number of anilines is 1. The van der Waals surface area contributed by atoms with E-state index in [1.807, 2.05) is 48.4 Å². The molecule has 0 bridgehead atoms. The summed E-state index contributed by atoms with van der Waals surface area (Å²) in [5, 5.41) is 3.47. The predicted octanol–water partition coefficient (Wildman–Crippen LogP) is 5.24. The summed E-state index contributed by atoms with van der Waals surface area (Å²) in [7, 11) is 0. The second-order valence-electron chi connectivity index (χ2n) is 6.15. The quantitative estimate of drug-likeness (QED) is 0.639. The van der Waals surface area contributed by atoms with Crippen molar-refractivity contribution in [3.63, 3.8) is 0 Å². The average Bonchev–Trinajstić information content (AvgIpc) is 3.07. The predicted molar refractivity (Wildman–Crippen MR) is 100 cm³/mol. The Morgan fingerprint density at radius 1 is 1.08 bits per heavy atom. The van der Waals surface area contributed by atoms with Crippen LogP contribution in [0.15, 0.2) is 66.9 Å². The topological polar surface area (TPSA) is 37.3 Å². The van der Waals surface area contributed by atoms with Gasteiger partial charge in [0.25, 0.3) is 0 Å². The van der Waals surface area contributed by atoms with Crippen LogP contribution in [0.3, 0.4) is 0 Å². The molecule has 0 aliphatic carbocycles. The first-order chi connectivity index (χ1) is 12.1. The lowest BCUT2D eigenvalue weighted by molar-refractivity contribution is 0.189. The van der Waals surface area contributed by atoms with Gasteiger partial charge in [-0.1, -0.05) is 41.9 Å². The van der Waals surface area contributed by atoms with Crippen molar-refractivity contribution >= 4 is 23.3 Å². The maximum Gasteiger partial charge on any atom is 0.322 e. The summed E-state index contributed by atoms with van der Waals surface area (Å²) in [6.45, 7) is 2.58. The molecule has 1 atom stereocenters. The second kappa shape index (κ2) is 6.30. The van der Waals surface area contributed by atoms with Gasteiger partial charge in [0.05, 0.1) is 29.0 Å². The van der Waals surface area contributed by atoms with E-state index in [0.29, 0.717) is 17.3 Å². The fourth-order valence-electron chi connectivity index (χ4n) is 3.31. The minimum Gasteiger partial charge on any atom is -0.318 e. The number of aromatic nitrogens is 1. The summed E-state index contributed by atoms with van der Waals surface area (Å²) in [5.74, 6) is 0. The molecule has 0 unspecified atom stereocenters. The molecule has 2 heterocycles. The lowest BCUT2D eigenvalue weighted by Gasteiger charge is -2.28. The molecule has 1 aliphatic heterocycles. The Balaban J connectivity index is 1.71. The summed E-state index contributed by atoms with van der Waals surface area (Å²) < 4.78 is 2.16. The van der Waals surface area contributed by atoms with Gasteiger partial charge in [0, 0.05) is 11.9 Å². The molecule has 126 valence electrons. The smallest absolute Gasteiger partial charge is 0.318 e. The Labute approximate surface area is 151 Å². The van der Waals surface area contributed by atoms with Gasteiger partial charge in [0.15, 0.2) is 0 Å². The molecule has 3 aromatic rings. The van der Waals surface area contributed by atoms with Gasteiger partial charge in [-0.15, -0.1) is 0 Å². The SMILES string of the molecule is C[C@@H]1c2cccn2-c2ccccc2CN1C(=O)Nc1ccccc1Cl. The van der Waals surface area contributed by atoms with Crippen LogP contribution < -0.4 is 5.32 Å². The van der Waals surface area contributed by atoms with Crippen molar-refractivity contribution in [2.45, 2.75) is 19.5 Å². The molecule has 0 spiro atoms. The molecule has 1 aliphatic rings. The molecular weight excluding hydrogens is 334 g/mol. The van der Waals surface area contributed by atoms with Crippen molar-refractivity contribution in [3.8, 4) is 5.69 Å². The molecule has 1 aromatic heterocycles. The zero-order chi connectivity index (χ0) is 17.4. The van der Waals surface area contributed by atoms with Crippen LogP contribution in [0.2, 0.25) is 5.02 Å². The van der Waals surface area contributed by atoms with Gasteiger partial charge in [0.2, 0.25) is 0 Å². The van der Waals surface area contributed by atoms with Gasteiger partial charge < -0.3 is 14.8 Å². The van der Waals surface area contributed by atoms with Crippen molar-refractivity contribution in [1.82, 2.24) is 9.47 Å². The minimum absolute atomic E-state index is 0.0649. The highest BCUT2D eigenvalue weighted by atomic mass is 35.5. The molecule has 5 heteroatoms. The fourth-order valence-corrected chi connectivity index (χ4v) is 3.49. The first-order valence-electron chi connectivity index (χ1n) is 8.23. The summed E-state index contributed by atoms with van der Waals surface area (Å²) in [5.41, 5.74) is 3.93. The first kappa shape index (κ1) is 15.8. The largest absolute Gasteiger partial charge is 0.322 e. The van der Waals surface area contributed by atoms with Crippen LogP contribution in [-0.4, -0.2) is 15.5 Å². The minimum atomic E-state index is -0.162. The van der Waals surface area contributed by atoms with Crippen LogP contribution in [0.25, 0.3) is 5.69 Å². The number of hydrogen-bond donors (Lipinski definition) is 1. The molecule has 0 saturated carbocycles. The van der Waals surface area contributed by atoms with E-state index in [4.69, 9.17) is 11.6 Å². The van der Waals surface area contributed by atoms with Gasteiger partial charge in [-0.3, -0.25) is 0 Å². The molecule has 1 N–H and O–H groups in total. The number of rotatable bonds is 1. The van der Waals surface area contributed by atoms with Crippen molar-refractivity contribution in [1.29, 1.82) is 0 Å². The van der Waals surface area contributed by atoms with E-state index in [1.165, 1.54) is 0 Å². The third kappa shape index (κ3) is 2.79. The lowest BCUT2D eigenvalue weighted by Crippen LogP contribution is -2.36.